The quantitative estimate of drug-likeness (QED) is 0.734. The second-order valence-electron chi connectivity index (χ2n) is 6.03. The van der Waals surface area contributed by atoms with Crippen molar-refractivity contribution >= 4 is 5.97 Å². The molecule has 0 spiro atoms. The molecule has 1 atom stereocenters. The Morgan fingerprint density at radius 1 is 1.50 bits per heavy atom. The Balaban J connectivity index is 2.51. The highest BCUT2D eigenvalue weighted by molar-refractivity contribution is 5.75. The van der Waals surface area contributed by atoms with Crippen LogP contribution < -0.4 is 5.32 Å². The molecule has 1 fully saturated rings. The maximum atomic E-state index is 11.7. The molecule has 0 bridgehead atoms. The molecule has 0 saturated carbocycles. The average Bonchev–Trinajstić information content (AvgIpc) is 2.32. The van der Waals surface area contributed by atoms with Crippen molar-refractivity contribution in [3.8, 4) is 0 Å². The summed E-state index contributed by atoms with van der Waals surface area (Å²) < 4.78 is 4.87. The van der Waals surface area contributed by atoms with Gasteiger partial charge in [-0.15, -0.1) is 0 Å². The number of methoxy groups -OCH3 is 1. The van der Waals surface area contributed by atoms with Crippen LogP contribution in [-0.4, -0.2) is 50.2 Å². The van der Waals surface area contributed by atoms with Gasteiger partial charge >= 0.3 is 5.97 Å². The Morgan fingerprint density at radius 2 is 2.22 bits per heavy atom. The van der Waals surface area contributed by atoms with Crippen LogP contribution in [0.15, 0.2) is 0 Å². The van der Waals surface area contributed by atoms with Gasteiger partial charge < -0.3 is 15.0 Å². The summed E-state index contributed by atoms with van der Waals surface area (Å²) >= 11 is 0. The third-order valence-corrected chi connectivity index (χ3v) is 3.55. The predicted molar refractivity (Wildman–Crippen MR) is 73.6 cm³/mol. The van der Waals surface area contributed by atoms with E-state index in [0.29, 0.717) is 5.41 Å². The number of nitrogens with zero attached hydrogens (tertiary/aromatic N) is 1. The maximum Gasteiger partial charge on any atom is 0.324 e. The molecule has 4 nitrogen and oxygen atoms in total. The van der Waals surface area contributed by atoms with Crippen LogP contribution in [0.25, 0.3) is 0 Å². The number of rotatable bonds is 6. The van der Waals surface area contributed by atoms with Gasteiger partial charge in [-0.3, -0.25) is 4.79 Å². The highest BCUT2D eigenvalue weighted by atomic mass is 16.5. The Kier molecular flexibility index (Phi) is 6.09. The monoisotopic (exact) mass is 256 g/mol. The van der Waals surface area contributed by atoms with Crippen LogP contribution in [-0.2, 0) is 9.53 Å². The molecular weight excluding hydrogens is 228 g/mol. The van der Waals surface area contributed by atoms with Gasteiger partial charge in [0.2, 0.25) is 0 Å². The number of carbonyl (C=O) groups excluding carboxylic acids is 1. The highest BCUT2D eigenvalue weighted by Gasteiger charge is 2.29. The molecule has 0 aromatic rings. The number of hydrogen-bond donors (Lipinski definition) is 1. The van der Waals surface area contributed by atoms with E-state index in [-0.39, 0.29) is 12.0 Å². The minimum Gasteiger partial charge on any atom is -0.468 e. The van der Waals surface area contributed by atoms with Crippen molar-refractivity contribution in [3.05, 3.63) is 0 Å². The summed E-state index contributed by atoms with van der Waals surface area (Å²) in [7, 11) is 1.46. The van der Waals surface area contributed by atoms with Crippen molar-refractivity contribution in [1.29, 1.82) is 0 Å². The number of ether oxygens (including phenoxy) is 1. The van der Waals surface area contributed by atoms with Gasteiger partial charge in [0.05, 0.1) is 7.11 Å². The SMILES string of the molecule is CCCNC(CN1CCCC(C)(C)C1)C(=O)OC. The molecule has 1 rings (SSSR count). The first-order valence-corrected chi connectivity index (χ1v) is 7.02. The molecule has 106 valence electrons. The first kappa shape index (κ1) is 15.4. The van der Waals surface area contributed by atoms with Crippen LogP contribution in [0.5, 0.6) is 0 Å². The Labute approximate surface area is 111 Å². The van der Waals surface area contributed by atoms with Crippen molar-refractivity contribution < 1.29 is 9.53 Å². The molecular formula is C14H28N2O2. The summed E-state index contributed by atoms with van der Waals surface area (Å²) in [6.45, 7) is 10.5. The van der Waals surface area contributed by atoms with Gasteiger partial charge in [-0.2, -0.15) is 0 Å². The number of piperidine rings is 1. The lowest BCUT2D eigenvalue weighted by Crippen LogP contribution is -2.50. The molecule has 1 heterocycles. The molecule has 0 aliphatic carbocycles. The van der Waals surface area contributed by atoms with Gasteiger partial charge in [0.15, 0.2) is 0 Å². The fraction of sp³-hybridized carbons (Fsp3) is 0.929. The van der Waals surface area contributed by atoms with Crippen LogP contribution in [0, 0.1) is 5.41 Å². The molecule has 1 unspecified atom stereocenters. The first-order chi connectivity index (χ1) is 8.48. The topological polar surface area (TPSA) is 41.6 Å². The smallest absolute Gasteiger partial charge is 0.324 e. The summed E-state index contributed by atoms with van der Waals surface area (Å²) in [5.74, 6) is -0.146. The molecule has 0 amide bonds. The van der Waals surface area contributed by atoms with Gasteiger partial charge in [-0.25, -0.2) is 0 Å². The van der Waals surface area contributed by atoms with E-state index in [1.165, 1.54) is 20.0 Å². The summed E-state index contributed by atoms with van der Waals surface area (Å²) in [4.78, 5) is 14.1. The molecule has 0 radical (unpaired) electrons. The summed E-state index contributed by atoms with van der Waals surface area (Å²) in [5.41, 5.74) is 0.365. The van der Waals surface area contributed by atoms with Crippen molar-refractivity contribution in [2.45, 2.75) is 46.1 Å². The average molecular weight is 256 g/mol. The number of likely N-dealkylation sites (tertiary alicyclic amines) is 1. The molecule has 4 heteroatoms. The second kappa shape index (κ2) is 7.10. The third-order valence-electron chi connectivity index (χ3n) is 3.55. The van der Waals surface area contributed by atoms with Crippen LogP contribution in [0.3, 0.4) is 0 Å². The lowest BCUT2D eigenvalue weighted by molar-refractivity contribution is -0.143. The van der Waals surface area contributed by atoms with E-state index in [0.717, 1.165) is 32.6 Å². The number of esters is 1. The van der Waals surface area contributed by atoms with E-state index in [2.05, 4.69) is 31.0 Å². The molecule has 1 N–H and O–H groups in total. The number of hydrogen-bond acceptors (Lipinski definition) is 4. The number of carbonyl (C=O) groups is 1. The number of nitrogens with one attached hydrogen (secondary N) is 1. The van der Waals surface area contributed by atoms with E-state index >= 15 is 0 Å². The summed E-state index contributed by atoms with van der Waals surface area (Å²) in [6.07, 6.45) is 3.52. The van der Waals surface area contributed by atoms with Gasteiger partial charge in [0, 0.05) is 13.1 Å². The van der Waals surface area contributed by atoms with E-state index in [1.807, 2.05) is 0 Å². The Morgan fingerprint density at radius 3 is 2.78 bits per heavy atom. The van der Waals surface area contributed by atoms with E-state index < -0.39 is 0 Å². The van der Waals surface area contributed by atoms with E-state index in [9.17, 15) is 4.79 Å². The minimum absolute atomic E-state index is 0.146. The van der Waals surface area contributed by atoms with Crippen molar-refractivity contribution in [1.82, 2.24) is 10.2 Å². The van der Waals surface area contributed by atoms with E-state index in [4.69, 9.17) is 4.74 Å². The van der Waals surface area contributed by atoms with Crippen LogP contribution in [0.2, 0.25) is 0 Å². The van der Waals surface area contributed by atoms with Crippen molar-refractivity contribution in [3.63, 3.8) is 0 Å². The van der Waals surface area contributed by atoms with Crippen LogP contribution >= 0.6 is 0 Å². The molecule has 1 saturated heterocycles. The zero-order valence-electron chi connectivity index (χ0n) is 12.3. The first-order valence-electron chi connectivity index (χ1n) is 7.02. The second-order valence-corrected chi connectivity index (χ2v) is 6.03. The fourth-order valence-corrected chi connectivity index (χ4v) is 2.64. The highest BCUT2D eigenvalue weighted by Crippen LogP contribution is 2.28. The standard InChI is InChI=1S/C14H28N2O2/c1-5-8-15-12(13(17)18-4)10-16-9-6-7-14(2,3)11-16/h12,15H,5-11H2,1-4H3. The lowest BCUT2D eigenvalue weighted by Gasteiger charge is -2.39. The Hall–Kier alpha value is -0.610. The third kappa shape index (κ3) is 4.94. The zero-order chi connectivity index (χ0) is 13.6. The maximum absolute atomic E-state index is 11.7. The minimum atomic E-state index is -0.191. The molecule has 0 aromatic carbocycles. The largest absolute Gasteiger partial charge is 0.468 e. The Bertz CT molecular complexity index is 267. The lowest BCUT2D eigenvalue weighted by atomic mass is 9.84. The van der Waals surface area contributed by atoms with Gasteiger partial charge in [0.25, 0.3) is 0 Å². The summed E-state index contributed by atoms with van der Waals surface area (Å²) in [6, 6.07) is -0.191. The van der Waals surface area contributed by atoms with Gasteiger partial charge in [-0.1, -0.05) is 20.8 Å². The predicted octanol–water partition coefficient (Wildman–Crippen LogP) is 1.65. The molecule has 1 aliphatic heterocycles. The fourth-order valence-electron chi connectivity index (χ4n) is 2.64. The van der Waals surface area contributed by atoms with Crippen molar-refractivity contribution in [2.24, 2.45) is 5.41 Å². The normalized spacial score (nSPS) is 21.6. The van der Waals surface area contributed by atoms with Crippen LogP contribution in [0.1, 0.15) is 40.0 Å². The molecule has 18 heavy (non-hydrogen) atoms. The van der Waals surface area contributed by atoms with Gasteiger partial charge in [0.1, 0.15) is 6.04 Å². The van der Waals surface area contributed by atoms with Crippen molar-refractivity contribution in [2.75, 3.05) is 33.3 Å². The summed E-state index contributed by atoms with van der Waals surface area (Å²) in [5, 5.41) is 3.28. The zero-order valence-corrected chi connectivity index (χ0v) is 12.3. The van der Waals surface area contributed by atoms with Crippen LogP contribution in [0.4, 0.5) is 0 Å². The van der Waals surface area contributed by atoms with E-state index in [1.54, 1.807) is 0 Å². The molecule has 0 aromatic heterocycles. The molecule has 1 aliphatic rings. The van der Waals surface area contributed by atoms with Gasteiger partial charge in [-0.05, 0) is 37.8 Å².